The lowest BCUT2D eigenvalue weighted by molar-refractivity contribution is -0.0904. The Hall–Kier alpha value is -2.14. The number of carbonyl (C=O) groups excluding carboxylic acids is 1. The zero-order valence-corrected chi connectivity index (χ0v) is 21.2. The van der Waals surface area contributed by atoms with Crippen LogP contribution in [-0.4, -0.2) is 41.5 Å². The van der Waals surface area contributed by atoms with E-state index in [0.29, 0.717) is 18.6 Å². The molecule has 6 atom stereocenters. The van der Waals surface area contributed by atoms with Crippen molar-refractivity contribution in [3.8, 4) is 0 Å². The largest absolute Gasteiger partial charge is 0.393 e. The smallest absolute Gasteiger partial charge is 0.255 e. The van der Waals surface area contributed by atoms with Gasteiger partial charge in [-0.05, 0) is 62.1 Å². The molecule has 4 rings (SSSR count). The second kappa shape index (κ2) is 9.63. The molecule has 0 heterocycles. The predicted octanol–water partition coefficient (Wildman–Crippen LogP) is 4.72. The highest BCUT2D eigenvalue weighted by Gasteiger charge is 2.58. The highest BCUT2D eigenvalue weighted by atomic mass is 35.5. The number of hydrogen-bond acceptors (Lipinski definition) is 5. The predicted molar refractivity (Wildman–Crippen MR) is 128 cm³/mol. The minimum absolute atomic E-state index is 0.0723. The average Bonchev–Trinajstić information content (AvgIpc) is 2.90. The van der Waals surface area contributed by atoms with Crippen LogP contribution in [0.5, 0.6) is 0 Å². The van der Waals surface area contributed by atoms with E-state index in [9.17, 15) is 36.6 Å². The highest BCUT2D eigenvalue weighted by Crippen LogP contribution is 2.56. The van der Waals surface area contributed by atoms with E-state index in [1.54, 1.807) is 6.92 Å². The van der Waals surface area contributed by atoms with Crippen LogP contribution in [0.25, 0.3) is 0 Å². The molecule has 11 heteroatoms. The lowest BCUT2D eigenvalue weighted by Crippen LogP contribution is -2.50. The van der Waals surface area contributed by atoms with E-state index < -0.39 is 50.2 Å². The molecule has 0 aliphatic heterocycles. The summed E-state index contributed by atoms with van der Waals surface area (Å²) in [7, 11) is -4.02. The first-order valence-electron chi connectivity index (χ1n) is 11.6. The van der Waals surface area contributed by atoms with Crippen molar-refractivity contribution in [2.45, 2.75) is 61.4 Å². The topological polar surface area (TPSA) is 104 Å². The van der Waals surface area contributed by atoms with Crippen molar-refractivity contribution in [2.24, 2.45) is 17.8 Å². The number of benzene rings is 2. The quantitative estimate of drug-likeness (QED) is 0.456. The molecule has 0 saturated heterocycles. The van der Waals surface area contributed by atoms with E-state index >= 15 is 0 Å². The fourth-order valence-corrected chi connectivity index (χ4v) is 8.34. The number of aliphatic hydroxyl groups is 2. The van der Waals surface area contributed by atoms with E-state index in [0.717, 1.165) is 6.07 Å². The van der Waals surface area contributed by atoms with Crippen molar-refractivity contribution in [1.29, 1.82) is 0 Å². The monoisotopic (exact) mass is 545 g/mol. The normalized spacial score (nSPS) is 28.7. The van der Waals surface area contributed by atoms with Gasteiger partial charge in [-0.15, -0.1) is 0 Å². The van der Waals surface area contributed by atoms with Crippen LogP contribution in [0, 0.1) is 35.2 Å². The van der Waals surface area contributed by atoms with Gasteiger partial charge in [0.25, 0.3) is 5.91 Å². The molecule has 1 amide bonds. The molecule has 0 spiro atoms. The number of hydrogen-bond donors (Lipinski definition) is 3. The summed E-state index contributed by atoms with van der Waals surface area (Å²) in [6, 6.07) is 4.83. The number of sulfone groups is 1. The Bertz CT molecular complexity index is 1280. The van der Waals surface area contributed by atoms with Crippen molar-refractivity contribution in [3.63, 3.8) is 0 Å². The Kier molecular flexibility index (Phi) is 7.20. The molecular formula is C25H27ClF3NO5S. The third-order valence-corrected chi connectivity index (χ3v) is 10.2. The van der Waals surface area contributed by atoms with Crippen molar-refractivity contribution >= 4 is 33.0 Å². The number of nitrogens with one attached hydrogen (secondary N) is 1. The third kappa shape index (κ3) is 4.76. The van der Waals surface area contributed by atoms with Gasteiger partial charge in [-0.2, -0.15) is 0 Å². The summed E-state index contributed by atoms with van der Waals surface area (Å²) in [5, 5.41) is 22.5. The summed E-state index contributed by atoms with van der Waals surface area (Å²) in [4.78, 5) is 12.4. The number of rotatable bonds is 6. The number of halogens is 4. The maximum absolute atomic E-state index is 13.6. The summed E-state index contributed by atoms with van der Waals surface area (Å²) in [6.45, 7) is 3.56. The zero-order valence-electron chi connectivity index (χ0n) is 19.6. The molecule has 2 fully saturated rings. The van der Waals surface area contributed by atoms with Gasteiger partial charge < -0.3 is 15.5 Å². The van der Waals surface area contributed by atoms with E-state index in [4.69, 9.17) is 11.6 Å². The number of fused-ring (bicyclic) bond motifs is 2. The van der Waals surface area contributed by atoms with Crippen LogP contribution in [0.15, 0.2) is 35.2 Å². The van der Waals surface area contributed by atoms with Gasteiger partial charge in [0.1, 0.15) is 0 Å². The third-order valence-electron chi connectivity index (χ3n) is 7.56. The SMILES string of the molecule is CC(O)C[C@@]1(O)C2C[C@@H](S(=O)(=O)c3cc(C(=O)Nc4cc(F)c(F)c(F)c4)ccc3Cl)CC1[C@@H](C)C2. The minimum Gasteiger partial charge on any atom is -0.393 e. The summed E-state index contributed by atoms with van der Waals surface area (Å²) >= 11 is 6.23. The molecule has 196 valence electrons. The first-order valence-corrected chi connectivity index (χ1v) is 13.6. The molecule has 0 aromatic heterocycles. The Morgan fingerprint density at radius 2 is 1.81 bits per heavy atom. The van der Waals surface area contributed by atoms with Gasteiger partial charge in [-0.3, -0.25) is 4.79 Å². The van der Waals surface area contributed by atoms with E-state index in [1.165, 1.54) is 12.1 Å². The van der Waals surface area contributed by atoms with Crippen LogP contribution in [0.2, 0.25) is 5.02 Å². The van der Waals surface area contributed by atoms with Gasteiger partial charge in [-0.1, -0.05) is 18.5 Å². The van der Waals surface area contributed by atoms with E-state index in [1.807, 2.05) is 6.92 Å². The van der Waals surface area contributed by atoms with Crippen molar-refractivity contribution < 1.29 is 36.6 Å². The van der Waals surface area contributed by atoms with Gasteiger partial charge in [0, 0.05) is 29.8 Å². The second-order valence-electron chi connectivity index (χ2n) is 10.1. The second-order valence-corrected chi connectivity index (χ2v) is 12.7. The summed E-state index contributed by atoms with van der Waals surface area (Å²) in [5.41, 5.74) is -1.61. The van der Waals surface area contributed by atoms with E-state index in [-0.39, 0.29) is 58.2 Å². The Labute approximate surface area is 212 Å². The van der Waals surface area contributed by atoms with Gasteiger partial charge in [0.15, 0.2) is 27.3 Å². The summed E-state index contributed by atoms with van der Waals surface area (Å²) in [6.07, 6.45) is 0.449. The zero-order chi connectivity index (χ0) is 26.6. The molecule has 0 radical (unpaired) electrons. The molecule has 2 bridgehead atoms. The van der Waals surface area contributed by atoms with Crippen LogP contribution >= 0.6 is 11.6 Å². The Balaban J connectivity index is 1.60. The molecule has 2 aromatic rings. The first-order chi connectivity index (χ1) is 16.7. The van der Waals surface area contributed by atoms with Gasteiger partial charge in [0.05, 0.1) is 26.9 Å². The lowest BCUT2D eigenvalue weighted by Gasteiger charge is -2.44. The molecule has 6 nitrogen and oxygen atoms in total. The van der Waals surface area contributed by atoms with Crippen LogP contribution in [-0.2, 0) is 9.84 Å². The standard InChI is InChI=1S/C25H27ClF3NO5S/c1-12-5-15-7-17(10-18(12)25(15,33)11-13(2)31)36(34,35)22-6-14(3-4-19(22)26)24(32)30-16-8-20(27)23(29)21(28)9-16/h3-4,6,8-9,12-13,15,17-18,31,33H,5,7,10-11H2,1-2H3,(H,30,32)/t12-,13?,15?,17+,18?,25+/m0/s1. The molecule has 3 unspecified atom stereocenters. The molecule has 36 heavy (non-hydrogen) atoms. The fourth-order valence-electron chi connectivity index (χ4n) is 5.96. The number of aliphatic hydroxyl groups excluding tert-OH is 1. The summed E-state index contributed by atoms with van der Waals surface area (Å²) in [5.74, 6) is -6.07. The molecule has 2 saturated carbocycles. The van der Waals surface area contributed by atoms with Gasteiger partial charge >= 0.3 is 0 Å². The summed E-state index contributed by atoms with van der Waals surface area (Å²) < 4.78 is 67.5. The lowest BCUT2D eigenvalue weighted by atomic mass is 9.70. The maximum atomic E-state index is 13.6. The van der Waals surface area contributed by atoms with Crippen LogP contribution in [0.4, 0.5) is 18.9 Å². The number of amides is 1. The van der Waals surface area contributed by atoms with Crippen LogP contribution in [0.3, 0.4) is 0 Å². The van der Waals surface area contributed by atoms with E-state index in [2.05, 4.69) is 5.32 Å². The molecule has 2 aliphatic carbocycles. The first kappa shape index (κ1) is 26.9. The Morgan fingerprint density at radius 3 is 2.39 bits per heavy atom. The van der Waals surface area contributed by atoms with Gasteiger partial charge in [0.2, 0.25) is 0 Å². The van der Waals surface area contributed by atoms with Crippen LogP contribution < -0.4 is 5.32 Å². The minimum atomic E-state index is -4.02. The van der Waals surface area contributed by atoms with Crippen molar-refractivity contribution in [1.82, 2.24) is 0 Å². The van der Waals surface area contributed by atoms with Gasteiger partial charge in [-0.25, -0.2) is 21.6 Å². The number of carbonyl (C=O) groups is 1. The van der Waals surface area contributed by atoms with Crippen molar-refractivity contribution in [3.05, 3.63) is 58.4 Å². The van der Waals surface area contributed by atoms with Crippen LogP contribution in [0.1, 0.15) is 49.9 Å². The fraction of sp³-hybridized carbons (Fsp3) is 0.480. The molecule has 3 N–H and O–H groups in total. The highest BCUT2D eigenvalue weighted by molar-refractivity contribution is 7.92. The Morgan fingerprint density at radius 1 is 1.17 bits per heavy atom. The maximum Gasteiger partial charge on any atom is 0.255 e. The van der Waals surface area contributed by atoms with Crippen molar-refractivity contribution in [2.75, 3.05) is 5.32 Å². The average molecular weight is 546 g/mol. The molecular weight excluding hydrogens is 519 g/mol. The number of anilines is 1. The molecule has 2 aromatic carbocycles. The molecule has 2 aliphatic rings.